The summed E-state index contributed by atoms with van der Waals surface area (Å²) >= 11 is 1.14. The molecule has 0 unspecified atom stereocenters. The summed E-state index contributed by atoms with van der Waals surface area (Å²) in [6.07, 6.45) is 1.67. The molecule has 2 aromatic rings. The number of nitro groups is 1. The van der Waals surface area contributed by atoms with E-state index in [0.29, 0.717) is 0 Å². The highest BCUT2D eigenvalue weighted by Gasteiger charge is 2.23. The van der Waals surface area contributed by atoms with Gasteiger partial charge in [-0.05, 0) is 12.3 Å². The fraction of sp³-hybridized carbons (Fsp3) is 0.154. The van der Waals surface area contributed by atoms with E-state index in [1.165, 1.54) is 7.11 Å². The lowest BCUT2D eigenvalue weighted by molar-refractivity contribution is -0.385. The molecule has 0 spiro atoms. The SMILES string of the molecule is COc1c(O)cc(-c2nc(SC)[nH]c(=O)c2C#N)cc1[N+](=O)[O-]. The highest BCUT2D eigenvalue weighted by molar-refractivity contribution is 7.98. The Labute approximate surface area is 133 Å². The number of rotatable bonds is 4. The summed E-state index contributed by atoms with van der Waals surface area (Å²) in [7, 11) is 1.18. The number of phenols is 1. The molecule has 118 valence electrons. The van der Waals surface area contributed by atoms with Crippen molar-refractivity contribution < 1.29 is 14.8 Å². The summed E-state index contributed by atoms with van der Waals surface area (Å²) in [5.41, 5.74) is -1.46. The van der Waals surface area contributed by atoms with Gasteiger partial charge in [-0.1, -0.05) is 11.8 Å². The Morgan fingerprint density at radius 2 is 2.22 bits per heavy atom. The normalized spacial score (nSPS) is 10.1. The molecule has 9 nitrogen and oxygen atoms in total. The quantitative estimate of drug-likeness (QED) is 0.372. The lowest BCUT2D eigenvalue weighted by Crippen LogP contribution is -2.14. The second kappa shape index (κ2) is 6.37. The van der Waals surface area contributed by atoms with Crippen molar-refractivity contribution in [1.29, 1.82) is 5.26 Å². The minimum atomic E-state index is -0.739. The van der Waals surface area contributed by atoms with Crippen LogP contribution in [0.5, 0.6) is 11.5 Å². The zero-order valence-electron chi connectivity index (χ0n) is 12.0. The molecule has 10 heteroatoms. The molecule has 0 fully saturated rings. The number of benzene rings is 1. The Morgan fingerprint density at radius 3 is 2.74 bits per heavy atom. The van der Waals surface area contributed by atoms with Crippen LogP contribution < -0.4 is 10.3 Å². The van der Waals surface area contributed by atoms with E-state index in [0.717, 1.165) is 23.9 Å². The predicted molar refractivity (Wildman–Crippen MR) is 81.7 cm³/mol. The van der Waals surface area contributed by atoms with Crippen molar-refractivity contribution in [3.05, 3.63) is 38.2 Å². The Bertz CT molecular complexity index is 887. The number of nitrogens with one attached hydrogen (secondary N) is 1. The van der Waals surface area contributed by atoms with E-state index in [1.807, 2.05) is 0 Å². The standard InChI is InChI=1S/C13H10N4O5S/c1-22-11-8(17(20)21)3-6(4-9(11)18)10-7(5-14)12(19)16-13(15-10)23-2/h3-4,18H,1-2H3,(H,15,16,19). The third kappa shape index (κ3) is 2.95. The van der Waals surface area contributed by atoms with Crippen LogP contribution in [-0.4, -0.2) is 33.4 Å². The molecule has 1 aromatic carbocycles. The molecule has 0 bridgehead atoms. The van der Waals surface area contributed by atoms with Crippen molar-refractivity contribution in [2.45, 2.75) is 5.16 Å². The Hall–Kier alpha value is -3.06. The van der Waals surface area contributed by atoms with Crippen LogP contribution in [0.4, 0.5) is 5.69 Å². The molecule has 1 heterocycles. The molecule has 0 aliphatic rings. The maximum Gasteiger partial charge on any atom is 0.315 e. The van der Waals surface area contributed by atoms with Gasteiger partial charge in [0.05, 0.1) is 17.7 Å². The summed E-state index contributed by atoms with van der Waals surface area (Å²) in [4.78, 5) is 28.8. The van der Waals surface area contributed by atoms with Crippen LogP contribution in [-0.2, 0) is 0 Å². The number of ether oxygens (including phenoxy) is 1. The van der Waals surface area contributed by atoms with Gasteiger partial charge in [-0.2, -0.15) is 5.26 Å². The van der Waals surface area contributed by atoms with E-state index < -0.39 is 21.9 Å². The monoisotopic (exact) mass is 334 g/mol. The van der Waals surface area contributed by atoms with Crippen LogP contribution in [0, 0.1) is 21.4 Å². The summed E-state index contributed by atoms with van der Waals surface area (Å²) in [6, 6.07) is 3.95. The number of aromatic amines is 1. The van der Waals surface area contributed by atoms with Gasteiger partial charge in [-0.3, -0.25) is 14.9 Å². The van der Waals surface area contributed by atoms with Gasteiger partial charge in [0.15, 0.2) is 10.9 Å². The highest BCUT2D eigenvalue weighted by Crippen LogP contribution is 2.40. The van der Waals surface area contributed by atoms with Crippen LogP contribution >= 0.6 is 11.8 Å². The highest BCUT2D eigenvalue weighted by atomic mass is 32.2. The molecule has 0 amide bonds. The van der Waals surface area contributed by atoms with E-state index in [1.54, 1.807) is 12.3 Å². The van der Waals surface area contributed by atoms with E-state index in [2.05, 4.69) is 9.97 Å². The van der Waals surface area contributed by atoms with Crippen LogP contribution in [0.15, 0.2) is 22.1 Å². The number of phenolic OH excluding ortho intramolecular Hbond substituents is 1. The predicted octanol–water partition coefficient (Wildman–Crippen LogP) is 1.65. The fourth-order valence-corrected chi connectivity index (χ4v) is 2.32. The number of H-pyrrole nitrogens is 1. The Kier molecular flexibility index (Phi) is 4.52. The smallest absolute Gasteiger partial charge is 0.315 e. The van der Waals surface area contributed by atoms with Gasteiger partial charge >= 0.3 is 5.69 Å². The van der Waals surface area contributed by atoms with Crippen molar-refractivity contribution >= 4 is 17.4 Å². The lowest BCUT2D eigenvalue weighted by atomic mass is 10.1. The van der Waals surface area contributed by atoms with E-state index in [4.69, 9.17) is 10.00 Å². The second-order valence-corrected chi connectivity index (χ2v) is 5.01. The van der Waals surface area contributed by atoms with Crippen LogP contribution in [0.3, 0.4) is 0 Å². The number of methoxy groups -OCH3 is 1. The molecule has 0 aliphatic carbocycles. The van der Waals surface area contributed by atoms with Gasteiger partial charge < -0.3 is 14.8 Å². The van der Waals surface area contributed by atoms with Crippen molar-refractivity contribution in [2.24, 2.45) is 0 Å². The molecule has 0 saturated carbocycles. The summed E-state index contributed by atoms with van der Waals surface area (Å²) < 4.78 is 4.80. The molecule has 2 rings (SSSR count). The largest absolute Gasteiger partial charge is 0.504 e. The zero-order chi connectivity index (χ0) is 17.1. The molecule has 23 heavy (non-hydrogen) atoms. The summed E-state index contributed by atoms with van der Waals surface area (Å²) in [5.74, 6) is -0.805. The number of nitriles is 1. The van der Waals surface area contributed by atoms with Crippen molar-refractivity contribution in [3.8, 4) is 28.8 Å². The minimum Gasteiger partial charge on any atom is -0.504 e. The van der Waals surface area contributed by atoms with Crippen LogP contribution in [0.1, 0.15) is 5.56 Å². The van der Waals surface area contributed by atoms with E-state index >= 15 is 0 Å². The first kappa shape index (κ1) is 16.3. The molecule has 2 N–H and O–H groups in total. The number of hydrogen-bond acceptors (Lipinski definition) is 8. The number of thioether (sulfide) groups is 1. The van der Waals surface area contributed by atoms with E-state index in [-0.39, 0.29) is 27.7 Å². The molecule has 1 aromatic heterocycles. The fourth-order valence-electron chi connectivity index (χ4n) is 1.94. The van der Waals surface area contributed by atoms with Gasteiger partial charge in [-0.25, -0.2) is 4.98 Å². The molecule has 0 saturated heterocycles. The molecule has 0 atom stereocenters. The van der Waals surface area contributed by atoms with Gasteiger partial charge in [-0.15, -0.1) is 0 Å². The molecular weight excluding hydrogens is 324 g/mol. The molecule has 0 radical (unpaired) electrons. The summed E-state index contributed by atoms with van der Waals surface area (Å²) in [6.45, 7) is 0. The number of nitrogens with zero attached hydrogens (tertiary/aromatic N) is 3. The third-order valence-corrected chi connectivity index (χ3v) is 3.51. The third-order valence-electron chi connectivity index (χ3n) is 2.93. The topological polar surface area (TPSA) is 142 Å². The van der Waals surface area contributed by atoms with Crippen molar-refractivity contribution in [2.75, 3.05) is 13.4 Å². The molecular formula is C13H10N4O5S. The average molecular weight is 334 g/mol. The van der Waals surface area contributed by atoms with Crippen LogP contribution in [0.2, 0.25) is 0 Å². The second-order valence-electron chi connectivity index (χ2n) is 4.22. The maximum atomic E-state index is 11.9. The van der Waals surface area contributed by atoms with Gasteiger partial charge in [0.2, 0.25) is 5.75 Å². The number of nitro benzene ring substituents is 1. The molecule has 0 aliphatic heterocycles. The first-order chi connectivity index (χ1) is 10.9. The van der Waals surface area contributed by atoms with Crippen molar-refractivity contribution in [1.82, 2.24) is 9.97 Å². The van der Waals surface area contributed by atoms with Gasteiger partial charge in [0, 0.05) is 11.6 Å². The Morgan fingerprint density at radius 1 is 1.52 bits per heavy atom. The van der Waals surface area contributed by atoms with Gasteiger partial charge in [0.25, 0.3) is 5.56 Å². The number of aromatic hydroxyl groups is 1. The Balaban J connectivity index is 2.82. The first-order valence-electron chi connectivity index (χ1n) is 6.07. The zero-order valence-corrected chi connectivity index (χ0v) is 12.8. The lowest BCUT2D eigenvalue weighted by Gasteiger charge is -2.09. The summed E-state index contributed by atoms with van der Waals surface area (Å²) in [5, 5.41) is 30.4. The van der Waals surface area contributed by atoms with E-state index in [9.17, 15) is 20.0 Å². The van der Waals surface area contributed by atoms with Crippen LogP contribution in [0.25, 0.3) is 11.3 Å². The average Bonchev–Trinajstić information content (AvgIpc) is 2.52. The minimum absolute atomic E-state index is 0.0540. The number of aromatic nitrogens is 2. The van der Waals surface area contributed by atoms with Gasteiger partial charge in [0.1, 0.15) is 11.6 Å². The van der Waals surface area contributed by atoms with Crippen molar-refractivity contribution in [3.63, 3.8) is 0 Å². The number of hydrogen-bond donors (Lipinski definition) is 2. The first-order valence-corrected chi connectivity index (χ1v) is 7.29. The maximum absolute atomic E-state index is 11.9.